The molecule has 7 heteroatoms. The molecule has 1 aliphatic heterocycles. The van der Waals surface area contributed by atoms with Crippen LogP contribution in [0.2, 0.25) is 0 Å². The van der Waals surface area contributed by atoms with E-state index in [1.807, 2.05) is 24.3 Å². The molecule has 0 amide bonds. The van der Waals surface area contributed by atoms with Crippen LogP contribution in [-0.2, 0) is 23.0 Å². The van der Waals surface area contributed by atoms with Crippen molar-refractivity contribution in [2.24, 2.45) is 5.92 Å². The van der Waals surface area contributed by atoms with Crippen LogP contribution in [0.15, 0.2) is 71.9 Å². The number of hydrogen-bond acceptors (Lipinski definition) is 4. The van der Waals surface area contributed by atoms with E-state index in [2.05, 4.69) is 26.9 Å². The van der Waals surface area contributed by atoms with Gasteiger partial charge in [-0.15, -0.1) is 10.2 Å². The summed E-state index contributed by atoms with van der Waals surface area (Å²) in [5.74, 6) is 1.15. The van der Waals surface area contributed by atoms with E-state index >= 15 is 0 Å². The van der Waals surface area contributed by atoms with Gasteiger partial charge in [0.05, 0.1) is 11.4 Å². The summed E-state index contributed by atoms with van der Waals surface area (Å²) in [7, 11) is -3.44. The van der Waals surface area contributed by atoms with Gasteiger partial charge in [0, 0.05) is 19.5 Å². The zero-order chi connectivity index (χ0) is 19.4. The van der Waals surface area contributed by atoms with Crippen molar-refractivity contribution in [1.82, 2.24) is 19.1 Å². The predicted molar refractivity (Wildman–Crippen MR) is 107 cm³/mol. The van der Waals surface area contributed by atoms with E-state index in [1.54, 1.807) is 34.9 Å². The highest BCUT2D eigenvalue weighted by Crippen LogP contribution is 2.25. The summed E-state index contributed by atoms with van der Waals surface area (Å²) < 4.78 is 29.5. The van der Waals surface area contributed by atoms with Crippen molar-refractivity contribution in [1.29, 1.82) is 0 Å². The van der Waals surface area contributed by atoms with Crippen LogP contribution in [0.3, 0.4) is 0 Å². The third kappa shape index (κ3) is 4.15. The van der Waals surface area contributed by atoms with E-state index in [0.29, 0.717) is 18.0 Å². The van der Waals surface area contributed by atoms with Gasteiger partial charge in [0.1, 0.15) is 12.2 Å². The summed E-state index contributed by atoms with van der Waals surface area (Å²) in [5, 5.41) is 8.38. The molecule has 4 rings (SSSR count). The molecule has 1 aliphatic rings. The maximum absolute atomic E-state index is 12.9. The quantitative estimate of drug-likeness (QED) is 0.642. The molecule has 146 valence electrons. The number of sulfonamides is 1. The second-order valence-corrected chi connectivity index (χ2v) is 9.19. The highest BCUT2D eigenvalue weighted by molar-refractivity contribution is 7.89. The summed E-state index contributed by atoms with van der Waals surface area (Å²) >= 11 is 0. The number of benzene rings is 2. The number of nitrogens with zero attached hydrogens (tertiary/aromatic N) is 4. The molecule has 0 bridgehead atoms. The minimum Gasteiger partial charge on any atom is -0.313 e. The third-order valence-corrected chi connectivity index (χ3v) is 7.10. The normalized spacial score (nSPS) is 18.2. The van der Waals surface area contributed by atoms with Gasteiger partial charge in [0.2, 0.25) is 10.0 Å². The molecular weight excluding hydrogens is 372 g/mol. The van der Waals surface area contributed by atoms with Crippen molar-refractivity contribution in [2.75, 3.05) is 13.1 Å². The molecule has 1 unspecified atom stereocenters. The van der Waals surface area contributed by atoms with Crippen molar-refractivity contribution in [3.8, 4) is 0 Å². The van der Waals surface area contributed by atoms with Crippen LogP contribution in [-0.4, -0.2) is 40.6 Å². The Balaban J connectivity index is 1.46. The molecule has 6 nitrogen and oxygen atoms in total. The van der Waals surface area contributed by atoms with Gasteiger partial charge < -0.3 is 4.57 Å². The van der Waals surface area contributed by atoms with Gasteiger partial charge in [-0.3, -0.25) is 0 Å². The van der Waals surface area contributed by atoms with Gasteiger partial charge in [-0.1, -0.05) is 48.5 Å². The van der Waals surface area contributed by atoms with Crippen molar-refractivity contribution in [3.63, 3.8) is 0 Å². The van der Waals surface area contributed by atoms with Crippen molar-refractivity contribution < 1.29 is 8.42 Å². The summed E-state index contributed by atoms with van der Waals surface area (Å²) in [6.07, 6.45) is 4.35. The lowest BCUT2D eigenvalue weighted by atomic mass is 9.96. The van der Waals surface area contributed by atoms with Gasteiger partial charge in [0.25, 0.3) is 0 Å². The minimum atomic E-state index is -3.44. The fourth-order valence-electron chi connectivity index (χ4n) is 3.76. The lowest BCUT2D eigenvalue weighted by molar-refractivity contribution is 0.261. The highest BCUT2D eigenvalue weighted by atomic mass is 32.2. The Hall–Kier alpha value is -2.51. The SMILES string of the molecule is O=S(=O)(c1ccccc1)N1CCCC(Cc2nncn2Cc2ccccc2)C1. The molecule has 1 atom stereocenters. The average molecular weight is 397 g/mol. The molecule has 1 fully saturated rings. The van der Waals surface area contributed by atoms with Crippen molar-refractivity contribution in [2.45, 2.75) is 30.7 Å². The summed E-state index contributed by atoms with van der Waals surface area (Å²) in [4.78, 5) is 0.364. The molecule has 0 spiro atoms. The van der Waals surface area contributed by atoms with E-state index in [-0.39, 0.29) is 5.92 Å². The number of aromatic nitrogens is 3. The number of rotatable bonds is 6. The average Bonchev–Trinajstić information content (AvgIpc) is 3.16. The van der Waals surface area contributed by atoms with Crippen LogP contribution < -0.4 is 0 Å². The van der Waals surface area contributed by atoms with E-state index in [1.165, 1.54) is 5.56 Å². The smallest absolute Gasteiger partial charge is 0.243 e. The zero-order valence-corrected chi connectivity index (χ0v) is 16.5. The molecule has 1 saturated heterocycles. The van der Waals surface area contributed by atoms with Crippen LogP contribution >= 0.6 is 0 Å². The maximum Gasteiger partial charge on any atom is 0.243 e. The van der Waals surface area contributed by atoms with Gasteiger partial charge >= 0.3 is 0 Å². The Morgan fingerprint density at radius 3 is 2.46 bits per heavy atom. The first kappa shape index (κ1) is 18.8. The standard InChI is InChI=1S/C21H24N4O2S/c26-28(27,20-11-5-2-6-12-20)25-13-7-10-19(16-25)14-21-23-22-17-24(21)15-18-8-3-1-4-9-18/h1-6,8-9,11-12,17,19H,7,10,13-16H2. The Morgan fingerprint density at radius 2 is 1.71 bits per heavy atom. The lowest BCUT2D eigenvalue weighted by Gasteiger charge is -2.31. The molecular formula is C21H24N4O2S. The first-order valence-corrected chi connectivity index (χ1v) is 11.0. The van der Waals surface area contributed by atoms with Gasteiger partial charge in [-0.2, -0.15) is 4.31 Å². The Morgan fingerprint density at radius 1 is 1.00 bits per heavy atom. The molecule has 0 saturated carbocycles. The number of hydrogen-bond donors (Lipinski definition) is 0. The maximum atomic E-state index is 12.9. The fraction of sp³-hybridized carbons (Fsp3) is 0.333. The Kier molecular flexibility index (Phi) is 5.54. The summed E-state index contributed by atoms with van der Waals surface area (Å²) in [5.41, 5.74) is 1.19. The first-order valence-electron chi connectivity index (χ1n) is 9.59. The van der Waals surface area contributed by atoms with E-state index < -0.39 is 10.0 Å². The van der Waals surface area contributed by atoms with Crippen LogP contribution in [0.4, 0.5) is 0 Å². The Bertz CT molecular complexity index is 1000. The fourth-order valence-corrected chi connectivity index (χ4v) is 5.34. The van der Waals surface area contributed by atoms with Crippen LogP contribution in [0.5, 0.6) is 0 Å². The van der Waals surface area contributed by atoms with E-state index in [4.69, 9.17) is 0 Å². The van der Waals surface area contributed by atoms with Gasteiger partial charge in [0.15, 0.2) is 0 Å². The zero-order valence-electron chi connectivity index (χ0n) is 15.7. The molecule has 28 heavy (non-hydrogen) atoms. The largest absolute Gasteiger partial charge is 0.313 e. The number of piperidine rings is 1. The van der Waals surface area contributed by atoms with Gasteiger partial charge in [-0.25, -0.2) is 8.42 Å². The van der Waals surface area contributed by atoms with Crippen molar-refractivity contribution >= 4 is 10.0 Å². The first-order chi connectivity index (χ1) is 13.6. The molecule has 2 heterocycles. The monoisotopic (exact) mass is 396 g/mol. The molecule has 0 radical (unpaired) electrons. The molecule has 0 N–H and O–H groups in total. The summed E-state index contributed by atoms with van der Waals surface area (Å²) in [6.45, 7) is 1.82. The second-order valence-electron chi connectivity index (χ2n) is 7.25. The Labute approximate surface area is 165 Å². The molecule has 1 aromatic heterocycles. The van der Waals surface area contributed by atoms with Gasteiger partial charge in [-0.05, 0) is 36.5 Å². The van der Waals surface area contributed by atoms with Crippen LogP contribution in [0, 0.1) is 5.92 Å². The second kappa shape index (κ2) is 8.24. The van der Waals surface area contributed by atoms with Crippen molar-refractivity contribution in [3.05, 3.63) is 78.4 Å². The molecule has 2 aromatic carbocycles. The lowest BCUT2D eigenvalue weighted by Crippen LogP contribution is -2.40. The molecule has 0 aliphatic carbocycles. The summed E-state index contributed by atoms with van der Waals surface area (Å²) in [6, 6.07) is 18.9. The van der Waals surface area contributed by atoms with Crippen LogP contribution in [0.1, 0.15) is 24.2 Å². The topological polar surface area (TPSA) is 68.1 Å². The predicted octanol–water partition coefficient (Wildman–Crippen LogP) is 2.97. The third-order valence-electron chi connectivity index (χ3n) is 5.23. The molecule has 3 aromatic rings. The van der Waals surface area contributed by atoms with E-state index in [0.717, 1.165) is 31.6 Å². The van der Waals surface area contributed by atoms with E-state index in [9.17, 15) is 8.42 Å². The highest BCUT2D eigenvalue weighted by Gasteiger charge is 2.30. The minimum absolute atomic E-state index is 0.242. The van der Waals surface area contributed by atoms with Crippen LogP contribution in [0.25, 0.3) is 0 Å².